The number of aryl methyl sites for hydroxylation is 2. The summed E-state index contributed by atoms with van der Waals surface area (Å²) in [5.74, 6) is 1.85. The van der Waals surface area contributed by atoms with E-state index in [1.165, 1.54) is 11.8 Å². The zero-order valence-corrected chi connectivity index (χ0v) is 15.2. The molecule has 0 fully saturated rings. The molecule has 3 heterocycles. The van der Waals surface area contributed by atoms with Gasteiger partial charge in [-0.3, -0.25) is 0 Å². The van der Waals surface area contributed by atoms with Crippen LogP contribution in [0.1, 0.15) is 34.7 Å². The van der Waals surface area contributed by atoms with Crippen LogP contribution in [0.25, 0.3) is 11.1 Å². The number of fused-ring (bicyclic) bond motifs is 1. The van der Waals surface area contributed by atoms with E-state index in [2.05, 4.69) is 20.2 Å². The van der Waals surface area contributed by atoms with Crippen molar-refractivity contribution < 1.29 is 13.9 Å². The molecule has 0 aliphatic heterocycles. The Balaban J connectivity index is 1.92. The maximum Gasteiger partial charge on any atom is 0.342 e. The van der Waals surface area contributed by atoms with Gasteiger partial charge >= 0.3 is 5.97 Å². The topological polar surface area (TPSA) is 122 Å². The van der Waals surface area contributed by atoms with Gasteiger partial charge in [-0.05, 0) is 20.8 Å². The molecule has 0 saturated heterocycles. The first-order chi connectivity index (χ1) is 11.9. The van der Waals surface area contributed by atoms with Crippen molar-refractivity contribution in [2.45, 2.75) is 31.7 Å². The number of anilines is 1. The number of thioether (sulfide) groups is 1. The minimum atomic E-state index is -0.495. The Morgan fingerprint density at radius 1 is 1.32 bits per heavy atom. The Bertz CT molecular complexity index is 949. The number of carbonyl (C=O) groups is 1. The highest BCUT2D eigenvalue weighted by atomic mass is 32.2. The number of ether oxygens (including phenoxy) is 1. The fourth-order valence-electron chi connectivity index (χ4n) is 2.34. The van der Waals surface area contributed by atoms with Gasteiger partial charge < -0.3 is 19.5 Å². The molecule has 3 aromatic heterocycles. The number of carbonyl (C=O) groups excluding carboxylic acids is 1. The summed E-state index contributed by atoms with van der Waals surface area (Å²) in [5.41, 5.74) is 6.60. The van der Waals surface area contributed by atoms with Crippen LogP contribution < -0.4 is 5.73 Å². The van der Waals surface area contributed by atoms with Gasteiger partial charge in [0.15, 0.2) is 5.16 Å². The molecule has 10 heteroatoms. The average molecular weight is 362 g/mol. The third-order valence-electron chi connectivity index (χ3n) is 3.66. The van der Waals surface area contributed by atoms with E-state index in [-0.39, 0.29) is 23.7 Å². The second-order valence-corrected chi connectivity index (χ2v) is 6.28. The molecule has 3 rings (SSSR count). The Morgan fingerprint density at radius 3 is 2.72 bits per heavy atom. The van der Waals surface area contributed by atoms with Crippen molar-refractivity contribution in [3.63, 3.8) is 0 Å². The minimum Gasteiger partial charge on any atom is -0.462 e. The molecule has 0 spiro atoms. The van der Waals surface area contributed by atoms with Crippen LogP contribution in [0.2, 0.25) is 0 Å². The number of hydrogen-bond acceptors (Lipinski definition) is 9. The second-order valence-electron chi connectivity index (χ2n) is 5.34. The van der Waals surface area contributed by atoms with Crippen molar-refractivity contribution in [3.8, 4) is 0 Å². The number of rotatable bonds is 5. The highest BCUT2D eigenvalue weighted by Crippen LogP contribution is 2.30. The lowest BCUT2D eigenvalue weighted by Gasteiger charge is -2.04. The van der Waals surface area contributed by atoms with Crippen LogP contribution in [0.15, 0.2) is 9.57 Å². The number of furan rings is 1. The van der Waals surface area contributed by atoms with Crippen molar-refractivity contribution in [1.29, 1.82) is 0 Å². The van der Waals surface area contributed by atoms with Crippen molar-refractivity contribution >= 4 is 34.6 Å². The van der Waals surface area contributed by atoms with Crippen molar-refractivity contribution in [3.05, 3.63) is 23.0 Å². The summed E-state index contributed by atoms with van der Waals surface area (Å²) < 4.78 is 12.5. The van der Waals surface area contributed by atoms with Gasteiger partial charge in [-0.1, -0.05) is 11.8 Å². The first kappa shape index (κ1) is 17.2. The molecule has 0 bridgehead atoms. The zero-order valence-electron chi connectivity index (χ0n) is 14.4. The lowest BCUT2D eigenvalue weighted by molar-refractivity contribution is 0.0526. The smallest absolute Gasteiger partial charge is 0.342 e. The molecule has 132 valence electrons. The molecule has 0 aliphatic rings. The van der Waals surface area contributed by atoms with Crippen LogP contribution >= 0.6 is 11.8 Å². The molecule has 0 unspecified atom stereocenters. The molecule has 9 nitrogen and oxygen atoms in total. The molecular weight excluding hydrogens is 344 g/mol. The van der Waals surface area contributed by atoms with Gasteiger partial charge in [-0.15, -0.1) is 10.2 Å². The third kappa shape index (κ3) is 3.16. The lowest BCUT2D eigenvalue weighted by atomic mass is 10.2. The minimum absolute atomic E-state index is 0.189. The number of nitrogens with zero attached hydrogens (tertiary/aromatic N) is 5. The molecule has 25 heavy (non-hydrogen) atoms. The molecule has 0 amide bonds. The number of hydrogen-bond donors (Lipinski definition) is 1. The first-order valence-corrected chi connectivity index (χ1v) is 8.62. The van der Waals surface area contributed by atoms with E-state index in [0.29, 0.717) is 22.7 Å². The van der Waals surface area contributed by atoms with Crippen LogP contribution in [0, 0.1) is 13.8 Å². The maximum atomic E-state index is 12.1. The molecule has 3 aromatic rings. The van der Waals surface area contributed by atoms with Gasteiger partial charge in [0, 0.05) is 7.05 Å². The molecule has 0 radical (unpaired) electrons. The molecular formula is C15H18N6O3S. The van der Waals surface area contributed by atoms with Crippen LogP contribution in [-0.2, 0) is 17.5 Å². The molecule has 2 N–H and O–H groups in total. The van der Waals surface area contributed by atoms with Gasteiger partial charge in [0.2, 0.25) is 5.71 Å². The van der Waals surface area contributed by atoms with Crippen LogP contribution in [0.3, 0.4) is 0 Å². The van der Waals surface area contributed by atoms with Gasteiger partial charge in [0.1, 0.15) is 28.8 Å². The summed E-state index contributed by atoms with van der Waals surface area (Å²) in [6, 6.07) is 0. The number of esters is 1. The Morgan fingerprint density at radius 2 is 2.08 bits per heavy atom. The van der Waals surface area contributed by atoms with Gasteiger partial charge in [-0.2, -0.15) is 4.98 Å². The second kappa shape index (κ2) is 6.71. The summed E-state index contributed by atoms with van der Waals surface area (Å²) in [4.78, 5) is 20.8. The van der Waals surface area contributed by atoms with Crippen LogP contribution in [0.4, 0.5) is 5.82 Å². The highest BCUT2D eigenvalue weighted by molar-refractivity contribution is 7.98. The van der Waals surface area contributed by atoms with E-state index < -0.39 is 5.97 Å². The predicted octanol–water partition coefficient (Wildman–Crippen LogP) is 2.02. The van der Waals surface area contributed by atoms with Gasteiger partial charge in [0.25, 0.3) is 0 Å². The molecule has 0 saturated carbocycles. The van der Waals surface area contributed by atoms with Crippen molar-refractivity contribution in [2.24, 2.45) is 7.05 Å². The monoisotopic (exact) mass is 362 g/mol. The van der Waals surface area contributed by atoms with Crippen molar-refractivity contribution in [1.82, 2.24) is 24.7 Å². The summed E-state index contributed by atoms with van der Waals surface area (Å²) in [5, 5.41) is 9.23. The van der Waals surface area contributed by atoms with Gasteiger partial charge in [-0.25, -0.2) is 9.78 Å². The summed E-state index contributed by atoms with van der Waals surface area (Å²) in [7, 11) is 1.89. The predicted molar refractivity (Wildman–Crippen MR) is 92.2 cm³/mol. The fraction of sp³-hybridized carbons (Fsp3) is 0.400. The van der Waals surface area contributed by atoms with E-state index >= 15 is 0 Å². The summed E-state index contributed by atoms with van der Waals surface area (Å²) >= 11 is 1.44. The maximum absolute atomic E-state index is 12.1. The molecule has 0 aromatic carbocycles. The first-order valence-electron chi connectivity index (χ1n) is 7.63. The van der Waals surface area contributed by atoms with Gasteiger partial charge in [0.05, 0.1) is 17.7 Å². The van der Waals surface area contributed by atoms with E-state index in [4.69, 9.17) is 14.9 Å². The largest absolute Gasteiger partial charge is 0.462 e. The molecule has 0 atom stereocenters. The third-order valence-corrected chi connectivity index (χ3v) is 4.68. The van der Waals surface area contributed by atoms with E-state index in [1.807, 2.05) is 18.5 Å². The fourth-order valence-corrected chi connectivity index (χ4v) is 3.15. The Kier molecular flexibility index (Phi) is 4.62. The zero-order chi connectivity index (χ0) is 18.1. The average Bonchev–Trinajstić information content (AvgIpc) is 3.06. The standard InChI is InChI=1S/C15H18N6O3S/c1-5-23-14(22)10-7(2)24-13-11(10)12(16)17-9(18-13)6-25-15-20-19-8(3)21(15)4/h5-6H2,1-4H3,(H2,16,17,18). The lowest BCUT2D eigenvalue weighted by Crippen LogP contribution is -2.07. The summed E-state index contributed by atoms with van der Waals surface area (Å²) in [6.07, 6.45) is 0. The van der Waals surface area contributed by atoms with E-state index in [0.717, 1.165) is 11.0 Å². The van der Waals surface area contributed by atoms with E-state index in [1.54, 1.807) is 13.8 Å². The number of nitrogen functional groups attached to an aromatic ring is 1. The van der Waals surface area contributed by atoms with E-state index in [9.17, 15) is 4.79 Å². The highest BCUT2D eigenvalue weighted by Gasteiger charge is 2.24. The number of nitrogens with two attached hydrogens (primary N) is 1. The number of aromatic nitrogens is 5. The van der Waals surface area contributed by atoms with Crippen LogP contribution in [0.5, 0.6) is 0 Å². The van der Waals surface area contributed by atoms with Crippen molar-refractivity contribution in [2.75, 3.05) is 12.3 Å². The summed E-state index contributed by atoms with van der Waals surface area (Å²) in [6.45, 7) is 5.54. The SMILES string of the molecule is CCOC(=O)c1c(C)oc2nc(CSc3nnc(C)n3C)nc(N)c12. The van der Waals surface area contributed by atoms with Crippen LogP contribution in [-0.4, -0.2) is 37.3 Å². The Hall–Kier alpha value is -2.62. The molecule has 0 aliphatic carbocycles. The Labute approximate surface area is 148 Å². The normalized spacial score (nSPS) is 11.2. The quantitative estimate of drug-likeness (QED) is 0.536.